The zero-order valence-corrected chi connectivity index (χ0v) is 10.4. The van der Waals surface area contributed by atoms with Gasteiger partial charge in [0, 0.05) is 0 Å². The molecule has 0 spiro atoms. The number of rotatable bonds is 9. The van der Waals surface area contributed by atoms with E-state index in [4.69, 9.17) is 5.73 Å². The van der Waals surface area contributed by atoms with Gasteiger partial charge in [0.1, 0.15) is 0 Å². The van der Waals surface area contributed by atoms with Crippen LogP contribution in [0.3, 0.4) is 0 Å². The first-order valence-electron chi connectivity index (χ1n) is 5.86. The molecule has 6 heteroatoms. The summed E-state index contributed by atoms with van der Waals surface area (Å²) >= 11 is 0. The van der Waals surface area contributed by atoms with Gasteiger partial charge in [0.15, 0.2) is 0 Å². The van der Waals surface area contributed by atoms with E-state index in [2.05, 4.69) is 19.2 Å². The summed E-state index contributed by atoms with van der Waals surface area (Å²) in [4.78, 5) is 0. The van der Waals surface area contributed by atoms with Crippen molar-refractivity contribution in [2.75, 3.05) is 19.6 Å². The fraction of sp³-hybridized carbons (Fsp3) is 1.00. The van der Waals surface area contributed by atoms with Gasteiger partial charge in [0.05, 0.1) is 6.54 Å². The van der Waals surface area contributed by atoms with Crippen molar-refractivity contribution in [2.45, 2.75) is 39.0 Å². The highest BCUT2D eigenvalue weighted by Gasteiger charge is 2.39. The number of alkyl halides is 4. The van der Waals surface area contributed by atoms with Crippen LogP contribution < -0.4 is 11.1 Å². The fourth-order valence-electron chi connectivity index (χ4n) is 1.64. The van der Waals surface area contributed by atoms with Gasteiger partial charge in [-0.15, -0.1) is 0 Å². The van der Waals surface area contributed by atoms with E-state index >= 15 is 0 Å². The lowest BCUT2D eigenvalue weighted by atomic mass is 9.94. The van der Waals surface area contributed by atoms with Crippen LogP contribution in [0.25, 0.3) is 0 Å². The molecule has 1 atom stereocenters. The van der Waals surface area contributed by atoms with Crippen LogP contribution in [-0.4, -0.2) is 32.0 Å². The zero-order chi connectivity index (χ0) is 13.5. The molecule has 0 aromatic carbocycles. The third-order valence-corrected chi connectivity index (χ3v) is 2.55. The molecule has 104 valence electrons. The maximum absolute atomic E-state index is 12.5. The van der Waals surface area contributed by atoms with E-state index in [0.717, 1.165) is 6.42 Å². The van der Waals surface area contributed by atoms with Crippen LogP contribution in [-0.2, 0) is 0 Å². The lowest BCUT2D eigenvalue weighted by Gasteiger charge is -2.19. The van der Waals surface area contributed by atoms with Gasteiger partial charge in [-0.25, -0.2) is 8.78 Å². The molecule has 0 amide bonds. The second-order valence-corrected chi connectivity index (χ2v) is 4.76. The largest absolute Gasteiger partial charge is 0.330 e. The Kier molecular flexibility index (Phi) is 7.70. The summed E-state index contributed by atoms with van der Waals surface area (Å²) in [7, 11) is 0. The Morgan fingerprint density at radius 3 is 2.24 bits per heavy atom. The quantitative estimate of drug-likeness (QED) is 0.492. The molecule has 0 fully saturated rings. The molecule has 0 aliphatic rings. The summed E-state index contributed by atoms with van der Waals surface area (Å²) in [5.74, 6) is -3.20. The van der Waals surface area contributed by atoms with Crippen LogP contribution in [0.1, 0.15) is 26.7 Å². The van der Waals surface area contributed by atoms with Crippen LogP contribution in [0, 0.1) is 11.8 Å². The molecule has 0 radical (unpaired) electrons. The minimum Gasteiger partial charge on any atom is -0.330 e. The lowest BCUT2D eigenvalue weighted by molar-refractivity contribution is -0.125. The van der Waals surface area contributed by atoms with Crippen molar-refractivity contribution < 1.29 is 17.6 Å². The summed E-state index contributed by atoms with van der Waals surface area (Å²) in [5, 5.41) is 2.36. The summed E-state index contributed by atoms with van der Waals surface area (Å²) in [6, 6.07) is 0. The molecular weight excluding hydrogens is 236 g/mol. The zero-order valence-electron chi connectivity index (χ0n) is 10.4. The van der Waals surface area contributed by atoms with Crippen molar-refractivity contribution in [2.24, 2.45) is 17.6 Å². The van der Waals surface area contributed by atoms with E-state index in [1.54, 1.807) is 0 Å². The molecule has 17 heavy (non-hydrogen) atoms. The second kappa shape index (κ2) is 7.87. The Bertz CT molecular complexity index is 198. The molecule has 0 heterocycles. The fourth-order valence-corrected chi connectivity index (χ4v) is 1.64. The predicted octanol–water partition coefficient (Wildman–Crippen LogP) is 2.49. The van der Waals surface area contributed by atoms with Gasteiger partial charge in [-0.05, 0) is 37.8 Å². The van der Waals surface area contributed by atoms with E-state index in [9.17, 15) is 17.6 Å². The third kappa shape index (κ3) is 7.54. The average Bonchev–Trinajstić information content (AvgIpc) is 2.21. The van der Waals surface area contributed by atoms with E-state index in [-0.39, 0.29) is 12.5 Å². The molecule has 0 saturated heterocycles. The first kappa shape index (κ1) is 16.6. The summed E-state index contributed by atoms with van der Waals surface area (Å²) in [6.07, 6.45) is -2.06. The molecule has 0 saturated carbocycles. The number of nitrogens with two attached hydrogens (primary N) is 1. The van der Waals surface area contributed by atoms with Crippen LogP contribution in [0.4, 0.5) is 17.6 Å². The van der Waals surface area contributed by atoms with Gasteiger partial charge in [-0.1, -0.05) is 13.8 Å². The molecule has 0 aromatic heterocycles. The van der Waals surface area contributed by atoms with E-state index in [0.29, 0.717) is 18.9 Å². The molecule has 0 aliphatic heterocycles. The standard InChI is InChI=1S/C11H22F4N2/c1-8(2)5-9(6-16)3-4-17-7-11(14,15)10(12)13/h8-10,17H,3-7,16H2,1-2H3/t9-/m1/s1. The maximum Gasteiger partial charge on any atom is 0.319 e. The highest BCUT2D eigenvalue weighted by molar-refractivity contribution is 4.73. The topological polar surface area (TPSA) is 38.0 Å². The van der Waals surface area contributed by atoms with Crippen molar-refractivity contribution in [1.29, 1.82) is 0 Å². The van der Waals surface area contributed by atoms with Gasteiger partial charge in [-0.3, -0.25) is 0 Å². The number of halogens is 4. The summed E-state index contributed by atoms with van der Waals surface area (Å²) in [6.45, 7) is 3.91. The van der Waals surface area contributed by atoms with Crippen molar-refractivity contribution in [3.05, 3.63) is 0 Å². The van der Waals surface area contributed by atoms with Crippen LogP contribution in [0.5, 0.6) is 0 Å². The lowest BCUT2D eigenvalue weighted by Crippen LogP contribution is -2.39. The number of hydrogen-bond donors (Lipinski definition) is 2. The maximum atomic E-state index is 12.5. The number of hydrogen-bond acceptors (Lipinski definition) is 2. The predicted molar refractivity (Wildman–Crippen MR) is 60.4 cm³/mol. The Balaban J connectivity index is 3.75. The van der Waals surface area contributed by atoms with Crippen LogP contribution in [0.2, 0.25) is 0 Å². The monoisotopic (exact) mass is 258 g/mol. The van der Waals surface area contributed by atoms with E-state index in [1.165, 1.54) is 0 Å². The van der Waals surface area contributed by atoms with Gasteiger partial charge in [0.2, 0.25) is 0 Å². The normalized spacial score (nSPS) is 14.6. The Labute approximate surface area is 99.9 Å². The minimum atomic E-state index is -3.95. The third-order valence-electron chi connectivity index (χ3n) is 2.55. The average molecular weight is 258 g/mol. The first-order valence-corrected chi connectivity index (χ1v) is 5.86. The molecule has 0 unspecified atom stereocenters. The van der Waals surface area contributed by atoms with E-state index < -0.39 is 18.9 Å². The Morgan fingerprint density at radius 2 is 1.82 bits per heavy atom. The molecule has 0 aromatic rings. The Morgan fingerprint density at radius 1 is 1.24 bits per heavy atom. The molecular formula is C11H22F4N2. The van der Waals surface area contributed by atoms with Gasteiger partial charge in [0.25, 0.3) is 0 Å². The molecule has 0 aliphatic carbocycles. The van der Waals surface area contributed by atoms with Gasteiger partial charge < -0.3 is 11.1 Å². The summed E-state index contributed by atoms with van der Waals surface area (Å²) in [5.41, 5.74) is 5.54. The smallest absolute Gasteiger partial charge is 0.319 e. The van der Waals surface area contributed by atoms with Gasteiger partial charge in [-0.2, -0.15) is 8.78 Å². The van der Waals surface area contributed by atoms with E-state index in [1.807, 2.05) is 0 Å². The van der Waals surface area contributed by atoms with Crippen LogP contribution in [0.15, 0.2) is 0 Å². The van der Waals surface area contributed by atoms with Crippen LogP contribution >= 0.6 is 0 Å². The van der Waals surface area contributed by atoms with Crippen molar-refractivity contribution >= 4 is 0 Å². The summed E-state index contributed by atoms with van der Waals surface area (Å²) < 4.78 is 48.7. The van der Waals surface area contributed by atoms with Gasteiger partial charge >= 0.3 is 12.3 Å². The highest BCUT2D eigenvalue weighted by Crippen LogP contribution is 2.21. The minimum absolute atomic E-state index is 0.252. The SMILES string of the molecule is CC(C)C[C@H](CN)CCNCC(F)(F)C(F)F. The first-order chi connectivity index (χ1) is 7.79. The molecule has 3 N–H and O–H groups in total. The highest BCUT2D eigenvalue weighted by atomic mass is 19.3. The molecule has 0 rings (SSSR count). The van der Waals surface area contributed by atoms with Crippen molar-refractivity contribution in [3.63, 3.8) is 0 Å². The number of nitrogens with one attached hydrogen (secondary N) is 1. The van der Waals surface area contributed by atoms with Crippen molar-refractivity contribution in [3.8, 4) is 0 Å². The second-order valence-electron chi connectivity index (χ2n) is 4.76. The molecule has 0 bridgehead atoms. The molecule has 2 nitrogen and oxygen atoms in total. The Hall–Kier alpha value is -0.360. The van der Waals surface area contributed by atoms with Crippen molar-refractivity contribution in [1.82, 2.24) is 5.32 Å².